The van der Waals surface area contributed by atoms with Crippen LogP contribution in [0.15, 0.2) is 231 Å². The van der Waals surface area contributed by atoms with Gasteiger partial charge in [0.1, 0.15) is 0 Å². The molecule has 0 radical (unpaired) electrons. The molecule has 12 rings (SSSR count). The highest BCUT2D eigenvalue weighted by atomic mass is 15.1. The average Bonchev–Trinajstić information content (AvgIpc) is 3.32. The fraction of sp³-hybridized carbons (Fsp3) is 0. The Kier molecular flexibility index (Phi) is 7.89. The molecule has 280 valence electrons. The Bertz CT molecular complexity index is 3470. The molecule has 0 amide bonds. The highest BCUT2D eigenvalue weighted by Crippen LogP contribution is 2.47. The number of para-hydroxylation sites is 1. The van der Waals surface area contributed by atoms with Crippen molar-refractivity contribution in [1.82, 2.24) is 0 Å². The molecule has 0 atom stereocenters. The Balaban J connectivity index is 1.01. The van der Waals surface area contributed by atoms with Gasteiger partial charge in [-0.1, -0.05) is 170 Å². The normalized spacial score (nSPS) is 11.7. The van der Waals surface area contributed by atoms with Crippen molar-refractivity contribution in [3.05, 3.63) is 231 Å². The third-order valence-electron chi connectivity index (χ3n) is 12.3. The number of hydrogen-bond donors (Lipinski definition) is 0. The molecule has 0 aliphatic carbocycles. The van der Waals surface area contributed by atoms with Crippen molar-refractivity contribution in [3.63, 3.8) is 0 Å². The highest BCUT2D eigenvalue weighted by Gasteiger charge is 2.21. The van der Waals surface area contributed by atoms with Gasteiger partial charge in [0.2, 0.25) is 0 Å². The summed E-state index contributed by atoms with van der Waals surface area (Å²) in [7, 11) is 0. The number of rotatable bonds is 7. The number of fused-ring (bicyclic) bond motifs is 3. The predicted octanol–water partition coefficient (Wildman–Crippen LogP) is 16.7. The van der Waals surface area contributed by atoms with Crippen LogP contribution in [-0.4, -0.2) is 0 Å². The van der Waals surface area contributed by atoms with E-state index in [1.54, 1.807) is 0 Å². The van der Waals surface area contributed by atoms with Gasteiger partial charge in [0.05, 0.1) is 11.4 Å². The lowest BCUT2D eigenvalue weighted by Crippen LogP contribution is -2.11. The van der Waals surface area contributed by atoms with Crippen molar-refractivity contribution in [3.8, 4) is 11.1 Å². The third kappa shape index (κ3) is 5.57. The molecule has 0 N–H and O–H groups in total. The Morgan fingerprint density at radius 2 is 0.717 bits per heavy atom. The maximum Gasteiger partial charge on any atom is 0.0540 e. The molecule has 0 saturated heterocycles. The van der Waals surface area contributed by atoms with E-state index in [-0.39, 0.29) is 0 Å². The Morgan fingerprint density at radius 3 is 1.42 bits per heavy atom. The minimum absolute atomic E-state index is 1.11. The maximum atomic E-state index is 2.44. The van der Waals surface area contributed by atoms with Crippen LogP contribution >= 0.6 is 0 Å². The van der Waals surface area contributed by atoms with E-state index in [2.05, 4.69) is 240 Å². The molecule has 0 spiro atoms. The average molecular weight is 763 g/mol. The van der Waals surface area contributed by atoms with Crippen LogP contribution in [0.4, 0.5) is 34.1 Å². The fourth-order valence-corrected chi connectivity index (χ4v) is 9.49. The number of nitrogens with zero attached hydrogens (tertiary/aromatic N) is 2. The quantitative estimate of drug-likeness (QED) is 0.149. The van der Waals surface area contributed by atoms with Crippen molar-refractivity contribution >= 4 is 98.8 Å². The van der Waals surface area contributed by atoms with Gasteiger partial charge in [0, 0.05) is 33.5 Å². The smallest absolute Gasteiger partial charge is 0.0540 e. The molecule has 0 aromatic heterocycles. The van der Waals surface area contributed by atoms with E-state index in [0.717, 1.165) is 34.1 Å². The summed E-state index contributed by atoms with van der Waals surface area (Å²) >= 11 is 0. The summed E-state index contributed by atoms with van der Waals surface area (Å²) in [4.78, 5) is 4.81. The van der Waals surface area contributed by atoms with Crippen molar-refractivity contribution in [2.24, 2.45) is 0 Å². The van der Waals surface area contributed by atoms with E-state index in [4.69, 9.17) is 0 Å². The topological polar surface area (TPSA) is 6.48 Å². The van der Waals surface area contributed by atoms with Gasteiger partial charge in [-0.3, -0.25) is 0 Å². The molecular weight excluding hydrogens is 725 g/mol. The fourth-order valence-electron chi connectivity index (χ4n) is 9.49. The zero-order valence-corrected chi connectivity index (χ0v) is 32.8. The monoisotopic (exact) mass is 762 g/mol. The van der Waals surface area contributed by atoms with Gasteiger partial charge in [-0.15, -0.1) is 0 Å². The standard InChI is InChI=1S/C58H38N2/c1-2-17-47(18-3-1)60(55-20-10-16-41-13-8-9-19-52(41)55)56-36-28-44-26-34-53-51(33-25-43-27-35-54(56)58(44)57(43)53)42-23-29-48(30-24-42)59(49-31-21-39-11-4-6-14-45(39)37-49)50-32-22-40-12-5-7-15-46(40)38-50/h1-38H. The minimum atomic E-state index is 1.11. The Labute approximate surface area is 348 Å². The van der Waals surface area contributed by atoms with Crippen molar-refractivity contribution < 1.29 is 0 Å². The van der Waals surface area contributed by atoms with E-state index in [0.29, 0.717) is 0 Å². The third-order valence-corrected chi connectivity index (χ3v) is 12.3. The van der Waals surface area contributed by atoms with Crippen molar-refractivity contribution in [1.29, 1.82) is 0 Å². The molecule has 0 heterocycles. The first kappa shape index (κ1) is 34.1. The Morgan fingerprint density at radius 1 is 0.233 bits per heavy atom. The van der Waals surface area contributed by atoms with Crippen LogP contribution in [0.5, 0.6) is 0 Å². The lowest BCUT2D eigenvalue weighted by Gasteiger charge is -2.29. The van der Waals surface area contributed by atoms with Crippen LogP contribution in [0.3, 0.4) is 0 Å². The molecule has 0 fully saturated rings. The molecule has 12 aromatic carbocycles. The van der Waals surface area contributed by atoms with Crippen molar-refractivity contribution in [2.75, 3.05) is 9.80 Å². The maximum absolute atomic E-state index is 2.44. The van der Waals surface area contributed by atoms with E-state index >= 15 is 0 Å². The van der Waals surface area contributed by atoms with Gasteiger partial charge in [0.25, 0.3) is 0 Å². The summed E-state index contributed by atoms with van der Waals surface area (Å²) in [6.45, 7) is 0. The van der Waals surface area contributed by atoms with Crippen LogP contribution in [0.25, 0.3) is 75.8 Å². The molecule has 2 nitrogen and oxygen atoms in total. The second kappa shape index (κ2) is 13.9. The first-order valence-electron chi connectivity index (χ1n) is 20.7. The van der Waals surface area contributed by atoms with Gasteiger partial charge in [0.15, 0.2) is 0 Å². The van der Waals surface area contributed by atoms with Gasteiger partial charge in [-0.25, -0.2) is 0 Å². The minimum Gasteiger partial charge on any atom is -0.310 e. The van der Waals surface area contributed by atoms with E-state index < -0.39 is 0 Å². The van der Waals surface area contributed by atoms with E-state index in [1.807, 2.05) is 0 Å². The zero-order valence-electron chi connectivity index (χ0n) is 32.8. The predicted molar refractivity (Wildman–Crippen MR) is 257 cm³/mol. The van der Waals surface area contributed by atoms with E-state index in [9.17, 15) is 0 Å². The largest absolute Gasteiger partial charge is 0.310 e. The lowest BCUT2D eigenvalue weighted by molar-refractivity contribution is 1.29. The summed E-state index contributed by atoms with van der Waals surface area (Å²) in [6, 6.07) is 84.4. The lowest BCUT2D eigenvalue weighted by atomic mass is 9.89. The summed E-state index contributed by atoms with van der Waals surface area (Å²) in [5.74, 6) is 0. The SMILES string of the molecule is c1ccc(N(c2cccc3ccccc23)c2ccc3ccc4c(-c5ccc(N(c6ccc7ccccc7c6)c6ccc7ccccc7c6)cc5)ccc5ccc2c3c54)cc1. The van der Waals surface area contributed by atoms with Crippen LogP contribution in [0, 0.1) is 0 Å². The molecule has 60 heavy (non-hydrogen) atoms. The molecule has 0 aliphatic heterocycles. The Hall–Kier alpha value is -7.94. The van der Waals surface area contributed by atoms with Gasteiger partial charge in [-0.05, 0) is 126 Å². The number of anilines is 6. The molecule has 12 aromatic rings. The second-order valence-electron chi connectivity index (χ2n) is 15.7. The van der Waals surface area contributed by atoms with Crippen LogP contribution in [0.1, 0.15) is 0 Å². The summed E-state index contributed by atoms with van der Waals surface area (Å²) in [5, 5.41) is 14.9. The first-order valence-corrected chi connectivity index (χ1v) is 20.7. The zero-order chi connectivity index (χ0) is 39.6. The second-order valence-corrected chi connectivity index (χ2v) is 15.7. The summed E-state index contributed by atoms with van der Waals surface area (Å²) in [5.41, 5.74) is 9.24. The first-order chi connectivity index (χ1) is 29.7. The molecule has 0 aliphatic rings. The molecular formula is C58H38N2. The van der Waals surface area contributed by atoms with Gasteiger partial charge < -0.3 is 9.80 Å². The van der Waals surface area contributed by atoms with Crippen molar-refractivity contribution in [2.45, 2.75) is 0 Å². The van der Waals surface area contributed by atoms with E-state index in [1.165, 1.54) is 75.8 Å². The van der Waals surface area contributed by atoms with Gasteiger partial charge in [-0.2, -0.15) is 0 Å². The highest BCUT2D eigenvalue weighted by molar-refractivity contribution is 6.28. The molecule has 0 saturated carbocycles. The summed E-state index contributed by atoms with van der Waals surface area (Å²) in [6.07, 6.45) is 0. The molecule has 0 unspecified atom stereocenters. The van der Waals surface area contributed by atoms with Crippen LogP contribution in [-0.2, 0) is 0 Å². The molecule has 0 bridgehead atoms. The molecule has 2 heteroatoms. The van der Waals surface area contributed by atoms with Gasteiger partial charge >= 0.3 is 0 Å². The number of hydrogen-bond acceptors (Lipinski definition) is 2. The van der Waals surface area contributed by atoms with Crippen LogP contribution < -0.4 is 9.80 Å². The van der Waals surface area contributed by atoms with Crippen LogP contribution in [0.2, 0.25) is 0 Å². The summed E-state index contributed by atoms with van der Waals surface area (Å²) < 4.78 is 0. The number of benzene rings is 12.